The van der Waals surface area contributed by atoms with Crippen LogP contribution >= 0.6 is 12.2 Å². The summed E-state index contributed by atoms with van der Waals surface area (Å²) in [6, 6.07) is 18.7. The van der Waals surface area contributed by atoms with Crippen LogP contribution in [-0.4, -0.2) is 42.2 Å². The first-order valence-electron chi connectivity index (χ1n) is 10.5. The zero-order valence-corrected chi connectivity index (χ0v) is 19.4. The van der Waals surface area contributed by atoms with Gasteiger partial charge in [-0.05, 0) is 85.9 Å². The number of anilines is 2. The summed E-state index contributed by atoms with van der Waals surface area (Å²) in [4.78, 5) is 29.3. The molecule has 7 nitrogen and oxygen atoms in total. The summed E-state index contributed by atoms with van der Waals surface area (Å²) in [7, 11) is 3.96. The molecule has 168 valence electrons. The summed E-state index contributed by atoms with van der Waals surface area (Å²) in [6.45, 7) is 2.44. The maximum Gasteiger partial charge on any atom is 0.270 e. The lowest BCUT2D eigenvalue weighted by molar-refractivity contribution is -0.122. The minimum Gasteiger partial charge on any atom is -0.494 e. The summed E-state index contributed by atoms with van der Waals surface area (Å²) in [5.74, 6) is -0.318. The van der Waals surface area contributed by atoms with Crippen LogP contribution in [0.1, 0.15) is 12.6 Å². The maximum atomic E-state index is 13.3. The molecule has 1 fully saturated rings. The van der Waals surface area contributed by atoms with Crippen LogP contribution in [0.2, 0.25) is 0 Å². The van der Waals surface area contributed by atoms with Crippen molar-refractivity contribution in [3.8, 4) is 11.4 Å². The van der Waals surface area contributed by atoms with E-state index in [0.29, 0.717) is 23.7 Å². The lowest BCUT2D eigenvalue weighted by atomic mass is 10.1. The number of ether oxygens (including phenoxy) is 1. The number of carbonyl (C=O) groups excluding carboxylic acids is 2. The second-order valence-electron chi connectivity index (χ2n) is 7.60. The van der Waals surface area contributed by atoms with Crippen molar-refractivity contribution in [3.05, 3.63) is 78.1 Å². The quantitative estimate of drug-likeness (QED) is 0.345. The van der Waals surface area contributed by atoms with Gasteiger partial charge < -0.3 is 14.2 Å². The number of benzene rings is 2. The summed E-state index contributed by atoms with van der Waals surface area (Å²) in [5.41, 5.74) is 3.24. The van der Waals surface area contributed by atoms with Crippen molar-refractivity contribution in [3.63, 3.8) is 0 Å². The highest BCUT2D eigenvalue weighted by Crippen LogP contribution is 2.25. The Kier molecular flexibility index (Phi) is 6.28. The molecule has 33 heavy (non-hydrogen) atoms. The molecule has 3 aromatic rings. The standard InChI is InChI=1S/C25H24N4O3S/c1-4-32-21-13-11-19(12-14-21)29-24(31)22(23(30)26-25(29)33)16-20-6-5-15-28(20)18-9-7-17(8-10-18)27(2)3/h5-16H,4H2,1-3H3,(H,26,30,33)/b22-16+. The van der Waals surface area contributed by atoms with Crippen LogP contribution in [0.15, 0.2) is 72.4 Å². The average molecular weight is 461 g/mol. The fourth-order valence-corrected chi connectivity index (χ4v) is 3.84. The van der Waals surface area contributed by atoms with Crippen molar-refractivity contribution in [2.24, 2.45) is 0 Å². The number of carbonyl (C=O) groups is 2. The highest BCUT2D eigenvalue weighted by atomic mass is 32.1. The summed E-state index contributed by atoms with van der Waals surface area (Å²) >= 11 is 5.29. The van der Waals surface area contributed by atoms with E-state index in [1.165, 1.54) is 4.90 Å². The van der Waals surface area contributed by atoms with E-state index in [-0.39, 0.29) is 10.7 Å². The van der Waals surface area contributed by atoms with E-state index in [1.807, 2.05) is 73.1 Å². The largest absolute Gasteiger partial charge is 0.494 e. The van der Waals surface area contributed by atoms with Crippen LogP contribution in [0.3, 0.4) is 0 Å². The molecule has 1 saturated heterocycles. The van der Waals surface area contributed by atoms with Crippen molar-refractivity contribution in [1.82, 2.24) is 9.88 Å². The van der Waals surface area contributed by atoms with Crippen molar-refractivity contribution < 1.29 is 14.3 Å². The number of aromatic nitrogens is 1. The number of thiocarbonyl (C=S) groups is 1. The Morgan fingerprint density at radius 2 is 1.67 bits per heavy atom. The molecule has 0 unspecified atom stereocenters. The predicted octanol–water partition coefficient (Wildman–Crippen LogP) is 3.77. The smallest absolute Gasteiger partial charge is 0.270 e. The number of rotatable bonds is 6. The van der Waals surface area contributed by atoms with Gasteiger partial charge in [-0.15, -0.1) is 0 Å². The van der Waals surface area contributed by atoms with Gasteiger partial charge in [-0.2, -0.15) is 0 Å². The van der Waals surface area contributed by atoms with Gasteiger partial charge in [-0.1, -0.05) is 0 Å². The second-order valence-corrected chi connectivity index (χ2v) is 7.99. The Morgan fingerprint density at radius 1 is 1.00 bits per heavy atom. The van der Waals surface area contributed by atoms with Crippen LogP contribution in [0.4, 0.5) is 11.4 Å². The third-order valence-electron chi connectivity index (χ3n) is 5.22. The predicted molar refractivity (Wildman–Crippen MR) is 134 cm³/mol. The first-order valence-corrected chi connectivity index (χ1v) is 10.9. The molecule has 2 amide bonds. The SMILES string of the molecule is CCOc1ccc(N2C(=O)/C(=C/c3cccn3-c3ccc(N(C)C)cc3)C(=O)NC2=S)cc1. The summed E-state index contributed by atoms with van der Waals surface area (Å²) < 4.78 is 7.38. The summed E-state index contributed by atoms with van der Waals surface area (Å²) in [5, 5.41) is 2.67. The van der Waals surface area contributed by atoms with E-state index in [1.54, 1.807) is 30.3 Å². The van der Waals surface area contributed by atoms with Gasteiger partial charge in [-0.3, -0.25) is 19.8 Å². The maximum absolute atomic E-state index is 13.3. The molecule has 0 radical (unpaired) electrons. The molecule has 0 spiro atoms. The fourth-order valence-electron chi connectivity index (χ4n) is 3.56. The first-order chi connectivity index (χ1) is 15.9. The molecule has 0 bridgehead atoms. The van der Waals surface area contributed by atoms with Crippen molar-refractivity contribution >= 4 is 46.6 Å². The Morgan fingerprint density at radius 3 is 2.30 bits per heavy atom. The third-order valence-corrected chi connectivity index (χ3v) is 5.51. The molecule has 0 saturated carbocycles. The van der Waals surface area contributed by atoms with E-state index in [9.17, 15) is 9.59 Å². The molecule has 2 heterocycles. The first kappa shape index (κ1) is 22.3. The molecule has 1 aliphatic rings. The van der Waals surface area contributed by atoms with Crippen LogP contribution in [0.25, 0.3) is 11.8 Å². The Labute approximate surface area is 197 Å². The number of hydrogen-bond acceptors (Lipinski definition) is 5. The molecule has 1 N–H and O–H groups in total. The Hall–Kier alpha value is -3.91. The van der Waals surface area contributed by atoms with Gasteiger partial charge in [0.1, 0.15) is 11.3 Å². The zero-order chi connectivity index (χ0) is 23.5. The van der Waals surface area contributed by atoms with Crippen molar-refractivity contribution in [2.45, 2.75) is 6.92 Å². The van der Waals surface area contributed by atoms with Gasteiger partial charge in [-0.25, -0.2) is 0 Å². The summed E-state index contributed by atoms with van der Waals surface area (Å²) in [6.07, 6.45) is 3.47. The van der Waals surface area contributed by atoms with E-state index in [0.717, 1.165) is 11.4 Å². The van der Waals surface area contributed by atoms with Gasteiger partial charge >= 0.3 is 0 Å². The molecule has 1 aromatic heterocycles. The molecule has 2 aromatic carbocycles. The highest BCUT2D eigenvalue weighted by molar-refractivity contribution is 7.80. The normalized spacial score (nSPS) is 15.1. The number of nitrogens with one attached hydrogen (secondary N) is 1. The zero-order valence-electron chi connectivity index (χ0n) is 18.6. The molecular weight excluding hydrogens is 436 g/mol. The van der Waals surface area contributed by atoms with Crippen molar-refractivity contribution in [1.29, 1.82) is 0 Å². The van der Waals surface area contributed by atoms with Gasteiger partial charge in [0.2, 0.25) is 0 Å². The van der Waals surface area contributed by atoms with Gasteiger partial charge in [0.15, 0.2) is 5.11 Å². The lowest BCUT2D eigenvalue weighted by Gasteiger charge is -2.29. The molecule has 0 aliphatic carbocycles. The van der Waals surface area contributed by atoms with Crippen LogP contribution < -0.4 is 19.9 Å². The van der Waals surface area contributed by atoms with E-state index >= 15 is 0 Å². The Balaban J connectivity index is 1.67. The molecule has 4 rings (SSSR count). The van der Waals surface area contributed by atoms with Gasteiger partial charge in [0, 0.05) is 37.4 Å². The van der Waals surface area contributed by atoms with Gasteiger partial charge in [0.05, 0.1) is 12.3 Å². The molecule has 8 heteroatoms. The Bertz CT molecular complexity index is 1230. The average Bonchev–Trinajstić information content (AvgIpc) is 3.26. The topological polar surface area (TPSA) is 66.8 Å². The highest BCUT2D eigenvalue weighted by Gasteiger charge is 2.34. The number of nitrogens with zero attached hydrogens (tertiary/aromatic N) is 3. The minimum absolute atomic E-state index is 0.00217. The van der Waals surface area contributed by atoms with Gasteiger partial charge in [0.25, 0.3) is 11.8 Å². The fraction of sp³-hybridized carbons (Fsp3) is 0.160. The van der Waals surface area contributed by atoms with E-state index in [4.69, 9.17) is 17.0 Å². The molecule has 1 aliphatic heterocycles. The number of amides is 2. The lowest BCUT2D eigenvalue weighted by Crippen LogP contribution is -2.54. The molecular formula is C25H24N4O3S. The van der Waals surface area contributed by atoms with Crippen molar-refractivity contribution in [2.75, 3.05) is 30.5 Å². The van der Waals surface area contributed by atoms with E-state index in [2.05, 4.69) is 5.32 Å². The number of hydrogen-bond donors (Lipinski definition) is 1. The minimum atomic E-state index is -0.525. The second kappa shape index (κ2) is 9.30. The van der Waals surface area contributed by atoms with Crippen LogP contribution in [0.5, 0.6) is 5.75 Å². The third kappa shape index (κ3) is 4.51. The molecule has 0 atom stereocenters. The van der Waals surface area contributed by atoms with Crippen LogP contribution in [-0.2, 0) is 9.59 Å². The van der Waals surface area contributed by atoms with E-state index < -0.39 is 11.8 Å². The van der Waals surface area contributed by atoms with Crippen LogP contribution in [0, 0.1) is 0 Å². The monoisotopic (exact) mass is 460 g/mol.